The van der Waals surface area contributed by atoms with Gasteiger partial charge in [0.1, 0.15) is 5.82 Å². The fraction of sp³-hybridized carbons (Fsp3) is 0.273. The van der Waals surface area contributed by atoms with Gasteiger partial charge in [0.15, 0.2) is 5.03 Å². The number of aromatic nitrogens is 2. The van der Waals surface area contributed by atoms with Crippen molar-refractivity contribution in [2.24, 2.45) is 0 Å². The Kier molecular flexibility index (Phi) is 6.20. The third-order valence-corrected chi connectivity index (χ3v) is 6.48. The molecule has 3 heterocycles. The molecule has 2 aromatic heterocycles. The van der Waals surface area contributed by atoms with Crippen LogP contribution in [0.2, 0.25) is 5.02 Å². The van der Waals surface area contributed by atoms with E-state index in [2.05, 4.69) is 20.8 Å². The summed E-state index contributed by atoms with van der Waals surface area (Å²) in [4.78, 5) is 8.66. The molecule has 0 unspecified atom stereocenters. The minimum Gasteiger partial charge on any atom is -0.478 e. The number of rotatable bonds is 0. The van der Waals surface area contributed by atoms with Crippen LogP contribution in [0, 0.1) is 0 Å². The molecule has 156 valence electrons. The standard InChI is InChI=1S/C22H22ClN3O3S/c23-18-13-14-19-24-22(18)17-10-5-4-9-16(17)8-3-1-2-6-15-29-20-11-7-12-21(25-20)30(27,28)26-19/h4-5,7,9-14H,1-3,6,8,15H2,(H,24,26). The minimum absolute atomic E-state index is 0.122. The predicted molar refractivity (Wildman–Crippen MR) is 117 cm³/mol. The lowest BCUT2D eigenvalue weighted by molar-refractivity contribution is 0.291. The zero-order valence-corrected chi connectivity index (χ0v) is 17.9. The molecule has 0 amide bonds. The molecule has 1 aliphatic rings. The lowest BCUT2D eigenvalue weighted by Gasteiger charge is -2.13. The van der Waals surface area contributed by atoms with Crippen molar-refractivity contribution in [2.75, 3.05) is 11.3 Å². The molecule has 0 fully saturated rings. The zero-order chi connectivity index (χ0) is 21.0. The van der Waals surface area contributed by atoms with E-state index in [1.54, 1.807) is 24.3 Å². The van der Waals surface area contributed by atoms with Crippen molar-refractivity contribution in [3.05, 3.63) is 65.2 Å². The average molecular weight is 444 g/mol. The summed E-state index contributed by atoms with van der Waals surface area (Å²) >= 11 is 6.44. The van der Waals surface area contributed by atoms with Crippen LogP contribution in [0.1, 0.15) is 31.2 Å². The molecule has 4 bridgehead atoms. The van der Waals surface area contributed by atoms with Gasteiger partial charge < -0.3 is 4.74 Å². The van der Waals surface area contributed by atoms with Crippen molar-refractivity contribution < 1.29 is 13.2 Å². The Morgan fingerprint density at radius 2 is 1.73 bits per heavy atom. The van der Waals surface area contributed by atoms with Crippen molar-refractivity contribution in [1.82, 2.24) is 9.97 Å². The van der Waals surface area contributed by atoms with Gasteiger partial charge in [-0.05, 0) is 43.0 Å². The van der Waals surface area contributed by atoms with E-state index >= 15 is 0 Å². The molecule has 0 saturated carbocycles. The molecule has 0 aliphatic carbocycles. The van der Waals surface area contributed by atoms with E-state index in [-0.39, 0.29) is 10.8 Å². The molecule has 4 rings (SSSR count). The Balaban J connectivity index is 1.77. The summed E-state index contributed by atoms with van der Waals surface area (Å²) in [5.41, 5.74) is 2.61. The lowest BCUT2D eigenvalue weighted by atomic mass is 9.98. The molecular weight excluding hydrogens is 422 g/mol. The highest BCUT2D eigenvalue weighted by molar-refractivity contribution is 7.92. The number of hydrogen-bond donors (Lipinski definition) is 1. The molecule has 6 nitrogen and oxygen atoms in total. The first-order valence-corrected chi connectivity index (χ1v) is 11.8. The third kappa shape index (κ3) is 4.74. The predicted octanol–water partition coefficient (Wildman–Crippen LogP) is 5.09. The van der Waals surface area contributed by atoms with Crippen molar-refractivity contribution in [2.45, 2.75) is 37.1 Å². The van der Waals surface area contributed by atoms with Gasteiger partial charge in [0.2, 0.25) is 5.88 Å². The van der Waals surface area contributed by atoms with Crippen LogP contribution in [0.15, 0.2) is 59.6 Å². The van der Waals surface area contributed by atoms with Crippen LogP contribution in [-0.2, 0) is 16.4 Å². The second-order valence-electron chi connectivity index (χ2n) is 7.12. The summed E-state index contributed by atoms with van der Waals surface area (Å²) in [5, 5.41) is 0.347. The van der Waals surface area contributed by atoms with Gasteiger partial charge >= 0.3 is 0 Å². The van der Waals surface area contributed by atoms with Crippen molar-refractivity contribution in [3.63, 3.8) is 0 Å². The van der Waals surface area contributed by atoms with Crippen LogP contribution in [0.4, 0.5) is 5.82 Å². The number of nitrogens with one attached hydrogen (secondary N) is 1. The van der Waals surface area contributed by atoms with Crippen LogP contribution < -0.4 is 9.46 Å². The summed E-state index contributed by atoms with van der Waals surface area (Å²) < 4.78 is 33.8. The number of anilines is 1. The Morgan fingerprint density at radius 3 is 2.63 bits per heavy atom. The zero-order valence-electron chi connectivity index (χ0n) is 16.3. The Hall–Kier alpha value is -2.64. The number of benzene rings is 1. The molecule has 1 aliphatic heterocycles. The van der Waals surface area contributed by atoms with Gasteiger partial charge in [-0.1, -0.05) is 54.8 Å². The minimum atomic E-state index is -3.93. The molecule has 1 N–H and O–H groups in total. The first kappa shape index (κ1) is 20.6. The first-order valence-electron chi connectivity index (χ1n) is 9.90. The van der Waals surface area contributed by atoms with E-state index in [0.717, 1.165) is 43.2 Å². The third-order valence-electron chi connectivity index (χ3n) is 4.92. The highest BCUT2D eigenvalue weighted by atomic mass is 35.5. The van der Waals surface area contributed by atoms with Crippen LogP contribution in [0.5, 0.6) is 5.88 Å². The van der Waals surface area contributed by atoms with E-state index in [1.165, 1.54) is 6.07 Å². The smallest absolute Gasteiger partial charge is 0.280 e. The average Bonchev–Trinajstić information content (AvgIpc) is 2.74. The van der Waals surface area contributed by atoms with E-state index in [1.807, 2.05) is 18.2 Å². The molecule has 3 aromatic rings. The summed E-state index contributed by atoms with van der Waals surface area (Å²) in [5.74, 6) is 0.473. The van der Waals surface area contributed by atoms with Crippen LogP contribution >= 0.6 is 11.6 Å². The van der Waals surface area contributed by atoms with E-state index in [0.29, 0.717) is 23.2 Å². The van der Waals surface area contributed by atoms with Gasteiger partial charge in [-0.3, -0.25) is 4.72 Å². The second-order valence-corrected chi connectivity index (χ2v) is 9.15. The molecule has 0 spiro atoms. The summed E-state index contributed by atoms with van der Waals surface area (Å²) in [6, 6.07) is 15.8. The SMILES string of the molecule is O=S1(=O)Nc2ccc(Cl)c(n2)-c2ccccc2CCCCCCOc2cccc1n2. The second kappa shape index (κ2) is 9.02. The topological polar surface area (TPSA) is 81.2 Å². The van der Waals surface area contributed by atoms with Crippen molar-refractivity contribution in [3.8, 4) is 17.1 Å². The number of fused-ring (bicyclic) bond motifs is 6. The molecule has 1 aromatic carbocycles. The van der Waals surface area contributed by atoms with Gasteiger partial charge in [0.25, 0.3) is 10.0 Å². The van der Waals surface area contributed by atoms with Crippen LogP contribution in [0.3, 0.4) is 0 Å². The number of halogens is 1. The summed E-state index contributed by atoms with van der Waals surface area (Å²) in [7, 11) is -3.93. The highest BCUT2D eigenvalue weighted by Gasteiger charge is 2.19. The lowest BCUT2D eigenvalue weighted by Crippen LogP contribution is -2.16. The van der Waals surface area contributed by atoms with Crippen LogP contribution in [0.25, 0.3) is 11.3 Å². The molecule has 0 saturated heterocycles. The monoisotopic (exact) mass is 443 g/mol. The van der Waals surface area contributed by atoms with Gasteiger partial charge in [-0.25, -0.2) is 4.98 Å². The number of aryl methyl sites for hydroxylation is 1. The normalized spacial score (nSPS) is 16.4. The van der Waals surface area contributed by atoms with Crippen molar-refractivity contribution in [1.29, 1.82) is 0 Å². The Morgan fingerprint density at radius 1 is 0.900 bits per heavy atom. The van der Waals surface area contributed by atoms with E-state index in [9.17, 15) is 8.42 Å². The fourth-order valence-electron chi connectivity index (χ4n) is 3.42. The first-order chi connectivity index (χ1) is 14.5. The molecule has 0 atom stereocenters. The number of pyridine rings is 2. The van der Waals surface area contributed by atoms with E-state index in [4.69, 9.17) is 16.3 Å². The van der Waals surface area contributed by atoms with E-state index < -0.39 is 10.0 Å². The molecular formula is C22H22ClN3O3S. The maximum absolute atomic E-state index is 12.8. The van der Waals surface area contributed by atoms with Gasteiger partial charge in [0, 0.05) is 11.6 Å². The molecule has 0 radical (unpaired) electrons. The maximum atomic E-state index is 12.8. The summed E-state index contributed by atoms with van der Waals surface area (Å²) in [6.07, 6.45) is 4.91. The number of sulfonamides is 1. The fourth-order valence-corrected chi connectivity index (χ4v) is 4.59. The quantitative estimate of drug-likeness (QED) is 0.523. The van der Waals surface area contributed by atoms with Crippen LogP contribution in [-0.4, -0.2) is 25.0 Å². The Labute approximate surface area is 181 Å². The largest absolute Gasteiger partial charge is 0.478 e. The maximum Gasteiger partial charge on any atom is 0.280 e. The number of nitrogens with zero attached hydrogens (tertiary/aromatic N) is 2. The molecule has 8 heteroatoms. The highest BCUT2D eigenvalue weighted by Crippen LogP contribution is 2.31. The summed E-state index contributed by atoms with van der Waals surface area (Å²) in [6.45, 7) is 0.498. The number of hydrogen-bond acceptors (Lipinski definition) is 5. The van der Waals surface area contributed by atoms with Gasteiger partial charge in [-0.15, -0.1) is 0 Å². The Bertz CT molecular complexity index is 1150. The van der Waals surface area contributed by atoms with Gasteiger partial charge in [-0.2, -0.15) is 13.4 Å². The van der Waals surface area contributed by atoms with Crippen molar-refractivity contribution >= 4 is 27.4 Å². The molecule has 30 heavy (non-hydrogen) atoms. The number of ether oxygens (including phenoxy) is 1. The van der Waals surface area contributed by atoms with Gasteiger partial charge in [0.05, 0.1) is 17.3 Å².